The Kier molecular flexibility index (Phi) is 6.48. The van der Waals surface area contributed by atoms with Crippen LogP contribution < -0.4 is 5.73 Å². The van der Waals surface area contributed by atoms with Gasteiger partial charge < -0.3 is 15.7 Å². The third kappa shape index (κ3) is 4.97. The molecule has 1 saturated heterocycles. The van der Waals surface area contributed by atoms with Crippen LogP contribution in [0.4, 0.5) is 0 Å². The molecular weight excluding hydrogens is 394 g/mol. The number of amides is 2. The summed E-state index contributed by atoms with van der Waals surface area (Å²) in [4.78, 5) is 28.1. The largest absolute Gasteiger partial charge is 0.383 e. The molecule has 0 radical (unpaired) electrons. The van der Waals surface area contributed by atoms with Crippen LogP contribution in [0, 0.1) is 12.3 Å². The van der Waals surface area contributed by atoms with E-state index >= 15 is 0 Å². The second-order valence-electron chi connectivity index (χ2n) is 7.12. The highest BCUT2D eigenvalue weighted by molar-refractivity contribution is 5.93. The van der Waals surface area contributed by atoms with Crippen LogP contribution in [0.25, 0.3) is 22.5 Å². The van der Waals surface area contributed by atoms with Gasteiger partial charge in [0.05, 0.1) is 11.4 Å². The van der Waals surface area contributed by atoms with Gasteiger partial charge in [-0.1, -0.05) is 18.1 Å². The number of rotatable bonds is 3. The van der Waals surface area contributed by atoms with Crippen LogP contribution in [0.5, 0.6) is 0 Å². The minimum absolute atomic E-state index is 0.148. The lowest BCUT2D eigenvalue weighted by Crippen LogP contribution is -2.24. The van der Waals surface area contributed by atoms with Crippen molar-refractivity contribution in [2.75, 3.05) is 13.6 Å². The van der Waals surface area contributed by atoms with Crippen LogP contribution in [0.1, 0.15) is 22.5 Å². The number of aliphatic hydroxyl groups is 1. The van der Waals surface area contributed by atoms with E-state index in [1.807, 2.05) is 43.4 Å². The van der Waals surface area contributed by atoms with Crippen molar-refractivity contribution in [2.24, 2.45) is 12.8 Å². The first-order chi connectivity index (χ1) is 14.8. The van der Waals surface area contributed by atoms with E-state index in [0.29, 0.717) is 18.7 Å². The molecule has 0 aliphatic carbocycles. The Morgan fingerprint density at radius 2 is 2.00 bits per heavy atom. The number of hydrogen-bond acceptors (Lipinski definition) is 5. The molecule has 0 spiro atoms. The molecule has 1 aromatic carbocycles. The van der Waals surface area contributed by atoms with Gasteiger partial charge in [0.15, 0.2) is 0 Å². The van der Waals surface area contributed by atoms with Crippen molar-refractivity contribution in [3.63, 3.8) is 0 Å². The molecule has 2 amide bonds. The zero-order valence-corrected chi connectivity index (χ0v) is 17.3. The number of nitrogens with zero attached hydrogens (tertiary/aromatic N) is 4. The standard InChI is InChI=1S/C18H14N4O.C5H9NO2/c1-3-12-5-4-6-13(9-12)15-10-14(11-16(21-15)18(19)23)17-7-8-20-22(17)2;1-6-3-2-4(7)5(6)8/h1,4-11H,2H3,(H2,19,23);4,7H,2-3H2,1H3/t;4-/m.0/s1. The van der Waals surface area contributed by atoms with Crippen molar-refractivity contribution in [3.05, 3.63) is 59.9 Å². The van der Waals surface area contributed by atoms with Crippen LogP contribution in [-0.2, 0) is 11.8 Å². The summed E-state index contributed by atoms with van der Waals surface area (Å²) in [5.74, 6) is 1.86. The highest BCUT2D eigenvalue weighted by atomic mass is 16.3. The van der Waals surface area contributed by atoms with Gasteiger partial charge in [0.2, 0.25) is 0 Å². The number of hydrogen-bond donors (Lipinski definition) is 2. The highest BCUT2D eigenvalue weighted by Crippen LogP contribution is 2.26. The molecule has 3 aromatic rings. The van der Waals surface area contributed by atoms with Gasteiger partial charge in [-0.3, -0.25) is 14.3 Å². The van der Waals surface area contributed by atoms with Crippen molar-refractivity contribution in [1.29, 1.82) is 0 Å². The molecule has 4 rings (SSSR count). The second-order valence-corrected chi connectivity index (χ2v) is 7.12. The van der Waals surface area contributed by atoms with Crippen molar-refractivity contribution in [1.82, 2.24) is 19.7 Å². The van der Waals surface area contributed by atoms with Crippen LogP contribution in [0.3, 0.4) is 0 Å². The number of pyridine rings is 1. The summed E-state index contributed by atoms with van der Waals surface area (Å²) in [6.45, 7) is 0.694. The molecule has 158 valence electrons. The van der Waals surface area contributed by atoms with Gasteiger partial charge in [-0.05, 0) is 36.8 Å². The number of carbonyl (C=O) groups is 2. The quantitative estimate of drug-likeness (QED) is 0.626. The maximum absolute atomic E-state index is 11.6. The van der Waals surface area contributed by atoms with Gasteiger partial charge in [0, 0.05) is 43.5 Å². The van der Waals surface area contributed by atoms with E-state index < -0.39 is 12.0 Å². The molecule has 31 heavy (non-hydrogen) atoms. The van der Waals surface area contributed by atoms with Gasteiger partial charge in [-0.25, -0.2) is 4.98 Å². The average molecular weight is 417 g/mol. The molecule has 1 aliphatic heterocycles. The number of primary amides is 1. The number of aryl methyl sites for hydroxylation is 1. The zero-order valence-electron chi connectivity index (χ0n) is 17.3. The van der Waals surface area contributed by atoms with Gasteiger partial charge in [0.1, 0.15) is 11.8 Å². The van der Waals surface area contributed by atoms with Gasteiger partial charge in [-0.2, -0.15) is 5.10 Å². The molecule has 0 bridgehead atoms. The number of carbonyl (C=O) groups excluding carboxylic acids is 2. The summed E-state index contributed by atoms with van der Waals surface area (Å²) in [6.07, 6.45) is 7.01. The number of terminal acetylenes is 1. The monoisotopic (exact) mass is 417 g/mol. The predicted molar refractivity (Wildman–Crippen MR) is 117 cm³/mol. The molecule has 0 saturated carbocycles. The molecular formula is C23H23N5O3. The topological polar surface area (TPSA) is 114 Å². The van der Waals surface area contributed by atoms with E-state index in [2.05, 4.69) is 16.0 Å². The molecule has 8 nitrogen and oxygen atoms in total. The highest BCUT2D eigenvalue weighted by Gasteiger charge is 2.26. The molecule has 1 atom stereocenters. The Balaban J connectivity index is 0.000000287. The number of likely N-dealkylation sites (N-methyl/N-ethyl adjacent to an activating group) is 1. The van der Waals surface area contributed by atoms with Gasteiger partial charge in [-0.15, -0.1) is 6.42 Å². The SMILES string of the molecule is C#Cc1cccc(-c2cc(-c3ccnn3C)cc(C(N)=O)n2)c1.CN1CC[C@H](O)C1=O. The molecule has 1 fully saturated rings. The zero-order chi connectivity index (χ0) is 22.5. The Bertz CT molecular complexity index is 1150. The number of nitrogens with two attached hydrogens (primary N) is 1. The fraction of sp³-hybridized carbons (Fsp3) is 0.217. The summed E-state index contributed by atoms with van der Waals surface area (Å²) in [7, 11) is 3.52. The number of benzene rings is 1. The Morgan fingerprint density at radius 3 is 2.52 bits per heavy atom. The summed E-state index contributed by atoms with van der Waals surface area (Å²) >= 11 is 0. The molecule has 3 heterocycles. The van der Waals surface area contributed by atoms with Crippen LogP contribution >= 0.6 is 0 Å². The first kappa shape index (κ1) is 21.7. The first-order valence-electron chi connectivity index (χ1n) is 9.60. The van der Waals surface area contributed by atoms with E-state index in [4.69, 9.17) is 17.3 Å². The molecule has 8 heteroatoms. The third-order valence-electron chi connectivity index (χ3n) is 4.92. The van der Waals surface area contributed by atoms with Crippen molar-refractivity contribution < 1.29 is 14.7 Å². The summed E-state index contributed by atoms with van der Waals surface area (Å²) in [5, 5.41) is 12.9. The van der Waals surface area contributed by atoms with E-state index in [1.165, 1.54) is 4.90 Å². The smallest absolute Gasteiger partial charge is 0.267 e. The third-order valence-corrected chi connectivity index (χ3v) is 4.92. The molecule has 3 N–H and O–H groups in total. The Morgan fingerprint density at radius 1 is 1.23 bits per heavy atom. The van der Waals surface area contributed by atoms with Crippen LogP contribution in [0.15, 0.2) is 48.7 Å². The van der Waals surface area contributed by atoms with E-state index in [-0.39, 0.29) is 11.6 Å². The minimum Gasteiger partial charge on any atom is -0.383 e. The lowest BCUT2D eigenvalue weighted by atomic mass is 10.0. The van der Waals surface area contributed by atoms with E-state index in [0.717, 1.165) is 22.4 Å². The maximum atomic E-state index is 11.6. The summed E-state index contributed by atoms with van der Waals surface area (Å²) < 4.78 is 1.72. The minimum atomic E-state index is -0.722. The number of aromatic nitrogens is 3. The van der Waals surface area contributed by atoms with Crippen LogP contribution in [-0.4, -0.2) is 56.3 Å². The lowest BCUT2D eigenvalue weighted by Gasteiger charge is -2.08. The van der Waals surface area contributed by atoms with Crippen LogP contribution in [0.2, 0.25) is 0 Å². The summed E-state index contributed by atoms with van der Waals surface area (Å²) in [6, 6.07) is 12.8. The van der Waals surface area contributed by atoms with Crippen molar-refractivity contribution in [3.8, 4) is 34.9 Å². The fourth-order valence-electron chi connectivity index (χ4n) is 3.18. The van der Waals surface area contributed by atoms with E-state index in [1.54, 1.807) is 24.0 Å². The lowest BCUT2D eigenvalue weighted by molar-refractivity contribution is -0.133. The molecule has 2 aromatic heterocycles. The first-order valence-corrected chi connectivity index (χ1v) is 9.60. The Hall–Kier alpha value is -3.96. The Labute approximate surface area is 180 Å². The number of likely N-dealkylation sites (tertiary alicyclic amines) is 1. The van der Waals surface area contributed by atoms with Gasteiger partial charge in [0.25, 0.3) is 11.8 Å². The predicted octanol–water partition coefficient (Wildman–Crippen LogP) is 1.44. The summed E-state index contributed by atoms with van der Waals surface area (Å²) in [5.41, 5.74) is 9.51. The molecule has 0 unspecified atom stereocenters. The molecule has 1 aliphatic rings. The normalized spacial score (nSPS) is 15.2. The fourth-order valence-corrected chi connectivity index (χ4v) is 3.18. The van der Waals surface area contributed by atoms with Gasteiger partial charge >= 0.3 is 0 Å². The van der Waals surface area contributed by atoms with Crippen molar-refractivity contribution in [2.45, 2.75) is 12.5 Å². The van der Waals surface area contributed by atoms with Crippen molar-refractivity contribution >= 4 is 11.8 Å². The number of aliphatic hydroxyl groups excluding tert-OH is 1. The second kappa shape index (κ2) is 9.24. The van der Waals surface area contributed by atoms with E-state index in [9.17, 15) is 9.59 Å². The average Bonchev–Trinajstić information content (AvgIpc) is 3.34. The maximum Gasteiger partial charge on any atom is 0.267 e.